The normalized spacial score (nSPS) is 26.1. The Kier molecular flexibility index (Phi) is 6.48. The quantitative estimate of drug-likeness (QED) is 0.620. The monoisotopic (exact) mass is 357 g/mol. The van der Waals surface area contributed by atoms with E-state index < -0.39 is 35.8 Å². The van der Waals surface area contributed by atoms with Gasteiger partial charge in [0.15, 0.2) is 6.23 Å². The number of hydrogen-bond donors (Lipinski definition) is 2. The number of carbonyl (C=O) groups excluding carboxylic acids is 1. The zero-order valence-corrected chi connectivity index (χ0v) is 14.6. The highest BCUT2D eigenvalue weighted by molar-refractivity contribution is 5.71. The smallest absolute Gasteiger partial charge is 0.330 e. The van der Waals surface area contributed by atoms with Gasteiger partial charge >= 0.3 is 5.69 Å². The van der Waals surface area contributed by atoms with Crippen molar-refractivity contribution in [3.8, 4) is 0 Å². The average Bonchev–Trinajstić information content (AvgIpc) is 2.84. The number of nitrogens with one attached hydrogen (secondary N) is 2. The van der Waals surface area contributed by atoms with E-state index in [1.165, 1.54) is 30.9 Å². The van der Waals surface area contributed by atoms with E-state index in [-0.39, 0.29) is 18.6 Å². The third-order valence-electron chi connectivity index (χ3n) is 3.58. The molecule has 0 bridgehead atoms. The number of amides is 1. The summed E-state index contributed by atoms with van der Waals surface area (Å²) in [6.45, 7) is 5.04. The molecule has 1 aliphatic rings. The van der Waals surface area contributed by atoms with Gasteiger partial charge in [-0.15, -0.1) is 0 Å². The molecule has 1 aliphatic heterocycles. The SMILES string of the molecule is CO[C@@H]1[C@H](OC(C)C)C(CONC(C)=O)O[C@H]1n1ccc(=O)[nH]c1=O. The molecule has 0 saturated carbocycles. The molecule has 2 heterocycles. The Balaban J connectivity index is 2.26. The van der Waals surface area contributed by atoms with Gasteiger partial charge in [0.1, 0.15) is 24.9 Å². The summed E-state index contributed by atoms with van der Waals surface area (Å²) in [5.74, 6) is -0.351. The molecule has 0 aliphatic carbocycles. The predicted molar refractivity (Wildman–Crippen MR) is 85.8 cm³/mol. The van der Waals surface area contributed by atoms with Crippen LogP contribution < -0.4 is 16.7 Å². The van der Waals surface area contributed by atoms with Gasteiger partial charge in [-0.3, -0.25) is 24.0 Å². The molecule has 0 radical (unpaired) electrons. The number of rotatable bonds is 7. The first-order chi connectivity index (χ1) is 11.8. The largest absolute Gasteiger partial charge is 0.374 e. The lowest BCUT2D eigenvalue weighted by molar-refractivity contribution is -0.140. The molecule has 1 unspecified atom stereocenters. The van der Waals surface area contributed by atoms with Crippen LogP contribution in [0, 0.1) is 0 Å². The third kappa shape index (κ3) is 4.75. The van der Waals surface area contributed by atoms with Crippen molar-refractivity contribution in [2.24, 2.45) is 0 Å². The van der Waals surface area contributed by atoms with Crippen LogP contribution in [0.1, 0.15) is 27.0 Å². The highest BCUT2D eigenvalue weighted by Gasteiger charge is 2.47. The minimum Gasteiger partial charge on any atom is -0.374 e. The lowest BCUT2D eigenvalue weighted by Gasteiger charge is -2.25. The van der Waals surface area contributed by atoms with E-state index in [4.69, 9.17) is 19.0 Å². The molecule has 0 spiro atoms. The molecule has 10 nitrogen and oxygen atoms in total. The van der Waals surface area contributed by atoms with Gasteiger partial charge in [0.25, 0.3) is 5.56 Å². The second-order valence-electron chi connectivity index (χ2n) is 5.90. The highest BCUT2D eigenvalue weighted by atomic mass is 16.7. The molecule has 140 valence electrons. The van der Waals surface area contributed by atoms with Crippen LogP contribution in [-0.2, 0) is 23.8 Å². The molecule has 0 aromatic carbocycles. The predicted octanol–water partition coefficient (Wildman–Crippen LogP) is -0.690. The molecular weight excluding hydrogens is 334 g/mol. The molecule has 4 atom stereocenters. The number of aromatic amines is 1. The molecule has 1 saturated heterocycles. The summed E-state index contributed by atoms with van der Waals surface area (Å²) in [5, 5.41) is 0. The first-order valence-corrected chi connectivity index (χ1v) is 7.87. The zero-order valence-electron chi connectivity index (χ0n) is 14.6. The fourth-order valence-electron chi connectivity index (χ4n) is 2.65. The lowest BCUT2D eigenvalue weighted by atomic mass is 10.1. The van der Waals surface area contributed by atoms with E-state index in [1.807, 2.05) is 13.8 Å². The summed E-state index contributed by atoms with van der Waals surface area (Å²) < 4.78 is 18.5. The van der Waals surface area contributed by atoms with E-state index in [2.05, 4.69) is 10.5 Å². The Morgan fingerprint density at radius 1 is 1.40 bits per heavy atom. The summed E-state index contributed by atoms with van der Waals surface area (Å²) >= 11 is 0. The molecular formula is C15H23N3O7. The van der Waals surface area contributed by atoms with E-state index in [9.17, 15) is 14.4 Å². The Labute approximate surface area is 144 Å². The van der Waals surface area contributed by atoms with Crippen LogP contribution in [0.5, 0.6) is 0 Å². The molecule has 1 amide bonds. The van der Waals surface area contributed by atoms with Crippen molar-refractivity contribution < 1.29 is 23.8 Å². The molecule has 1 fully saturated rings. The van der Waals surface area contributed by atoms with Crippen molar-refractivity contribution in [2.45, 2.75) is 51.4 Å². The number of H-pyrrole nitrogens is 1. The maximum absolute atomic E-state index is 12.1. The Morgan fingerprint density at radius 2 is 2.12 bits per heavy atom. The van der Waals surface area contributed by atoms with E-state index in [1.54, 1.807) is 0 Å². The number of carbonyl (C=O) groups is 1. The maximum Gasteiger partial charge on any atom is 0.330 e. The average molecular weight is 357 g/mol. The van der Waals surface area contributed by atoms with Gasteiger partial charge in [0.05, 0.1) is 6.10 Å². The third-order valence-corrected chi connectivity index (χ3v) is 3.58. The molecule has 25 heavy (non-hydrogen) atoms. The number of ether oxygens (including phenoxy) is 3. The molecule has 10 heteroatoms. The van der Waals surface area contributed by atoms with E-state index in [0.29, 0.717) is 0 Å². The van der Waals surface area contributed by atoms with E-state index >= 15 is 0 Å². The summed E-state index contributed by atoms with van der Waals surface area (Å²) in [5.41, 5.74) is 1.10. The van der Waals surface area contributed by atoms with Gasteiger partial charge in [-0.05, 0) is 13.8 Å². The molecule has 1 aromatic rings. The summed E-state index contributed by atoms with van der Waals surface area (Å²) in [6.07, 6.45) is -1.35. The van der Waals surface area contributed by atoms with E-state index in [0.717, 1.165) is 0 Å². The topological polar surface area (TPSA) is 121 Å². The first kappa shape index (κ1) is 19.3. The molecule has 1 aromatic heterocycles. The van der Waals surface area contributed by atoms with Gasteiger partial charge in [0.2, 0.25) is 5.91 Å². The van der Waals surface area contributed by atoms with Crippen molar-refractivity contribution in [3.63, 3.8) is 0 Å². The number of methoxy groups -OCH3 is 1. The summed E-state index contributed by atoms with van der Waals surface area (Å²) in [7, 11) is 1.48. The van der Waals surface area contributed by atoms with Gasteiger partial charge in [-0.2, -0.15) is 0 Å². The van der Waals surface area contributed by atoms with Crippen LogP contribution in [0.2, 0.25) is 0 Å². The fourth-order valence-corrected chi connectivity index (χ4v) is 2.65. The van der Waals surface area contributed by atoms with Crippen molar-refractivity contribution in [3.05, 3.63) is 33.1 Å². The van der Waals surface area contributed by atoms with Crippen LogP contribution in [-0.4, -0.2) is 53.6 Å². The Bertz CT molecular complexity index is 699. The number of hydrogen-bond acceptors (Lipinski definition) is 7. The van der Waals surface area contributed by atoms with Crippen LogP contribution in [0.4, 0.5) is 0 Å². The number of nitrogens with zero attached hydrogens (tertiary/aromatic N) is 1. The molecule has 2 rings (SSSR count). The summed E-state index contributed by atoms with van der Waals surface area (Å²) in [4.78, 5) is 41.6. The van der Waals surface area contributed by atoms with Gasteiger partial charge < -0.3 is 14.2 Å². The Morgan fingerprint density at radius 3 is 2.68 bits per heavy atom. The van der Waals surface area contributed by atoms with Crippen LogP contribution in [0.3, 0.4) is 0 Å². The minimum absolute atomic E-state index is 0.00539. The van der Waals surface area contributed by atoms with Gasteiger partial charge in [-0.25, -0.2) is 10.3 Å². The minimum atomic E-state index is -0.816. The van der Waals surface area contributed by atoms with Crippen molar-refractivity contribution >= 4 is 5.91 Å². The molecule has 2 N–H and O–H groups in total. The highest BCUT2D eigenvalue weighted by Crippen LogP contribution is 2.33. The fraction of sp³-hybridized carbons (Fsp3) is 0.667. The second kappa shape index (κ2) is 8.39. The van der Waals surface area contributed by atoms with Gasteiger partial charge in [0, 0.05) is 26.3 Å². The Hall–Kier alpha value is -2.01. The number of aromatic nitrogens is 2. The second-order valence-corrected chi connectivity index (χ2v) is 5.90. The van der Waals surface area contributed by atoms with Crippen LogP contribution in [0.15, 0.2) is 21.9 Å². The summed E-state index contributed by atoms with van der Waals surface area (Å²) in [6, 6.07) is 1.22. The number of hydroxylamine groups is 1. The lowest BCUT2D eigenvalue weighted by Crippen LogP contribution is -2.42. The maximum atomic E-state index is 12.1. The van der Waals surface area contributed by atoms with Gasteiger partial charge in [-0.1, -0.05) is 0 Å². The van der Waals surface area contributed by atoms with Crippen molar-refractivity contribution in [1.29, 1.82) is 0 Å². The standard InChI is InChI=1S/C15H23N3O7/c1-8(2)24-12-10(7-23-17-9(3)19)25-14(13(12)22-4)18-6-5-11(20)16-15(18)21/h5-6,8,10,12-14H,7H2,1-4H3,(H,17,19)(H,16,20,21)/t10?,12-,13-,14-/m1/s1. The van der Waals surface area contributed by atoms with Crippen LogP contribution in [0.25, 0.3) is 0 Å². The van der Waals surface area contributed by atoms with Crippen molar-refractivity contribution in [2.75, 3.05) is 13.7 Å². The van der Waals surface area contributed by atoms with Crippen LogP contribution >= 0.6 is 0 Å². The first-order valence-electron chi connectivity index (χ1n) is 7.87. The zero-order chi connectivity index (χ0) is 18.6. The van der Waals surface area contributed by atoms with Crippen molar-refractivity contribution in [1.82, 2.24) is 15.0 Å².